The molecule has 0 bridgehead atoms. The lowest BCUT2D eigenvalue weighted by molar-refractivity contribution is -0.137. The summed E-state index contributed by atoms with van der Waals surface area (Å²) >= 11 is 0. The first-order chi connectivity index (χ1) is 17.6. The molecule has 3 aliphatic rings. The number of nitrogens with one attached hydrogen (secondary N) is 1. The van der Waals surface area contributed by atoms with E-state index in [2.05, 4.69) is 10.2 Å². The van der Waals surface area contributed by atoms with E-state index in [1.165, 1.54) is 6.42 Å². The summed E-state index contributed by atoms with van der Waals surface area (Å²) in [5, 5.41) is 2.98. The van der Waals surface area contributed by atoms with Gasteiger partial charge in [0.1, 0.15) is 6.04 Å². The van der Waals surface area contributed by atoms with E-state index in [1.54, 1.807) is 0 Å². The zero-order valence-corrected chi connectivity index (χ0v) is 20.9. The first kappa shape index (κ1) is 24.5. The van der Waals surface area contributed by atoms with Gasteiger partial charge in [-0.05, 0) is 42.9 Å². The van der Waals surface area contributed by atoms with Crippen molar-refractivity contribution in [2.75, 3.05) is 32.7 Å². The standard InChI is InChI=1S/C29H36N4O3/c34-27(30-20-22-9-3-1-4-10-22)21-31-15-17-32(18-16-31)29(36)26-19-24-13-7-8-14-25(24)33(26)28(35)23-11-5-2-6-12-23/h1-6,9-12,24-26H,7-8,13-21H2,(H,30,34). The number of nitrogens with zero attached hydrogens (tertiary/aromatic N) is 3. The van der Waals surface area contributed by atoms with E-state index in [-0.39, 0.29) is 29.8 Å². The van der Waals surface area contributed by atoms with E-state index >= 15 is 0 Å². The molecule has 0 radical (unpaired) electrons. The first-order valence-electron chi connectivity index (χ1n) is 13.3. The molecular formula is C29H36N4O3. The maximum Gasteiger partial charge on any atom is 0.254 e. The molecule has 2 heterocycles. The SMILES string of the molecule is O=C(CN1CCN(C(=O)C2CC3CCCCC3N2C(=O)c2ccccc2)CC1)NCc1ccccc1. The lowest BCUT2D eigenvalue weighted by Gasteiger charge is -2.38. The van der Waals surface area contributed by atoms with Crippen LogP contribution in [0.1, 0.15) is 48.0 Å². The van der Waals surface area contributed by atoms with Gasteiger partial charge >= 0.3 is 0 Å². The summed E-state index contributed by atoms with van der Waals surface area (Å²) < 4.78 is 0. The molecule has 1 N–H and O–H groups in total. The monoisotopic (exact) mass is 488 g/mol. The molecule has 2 saturated heterocycles. The minimum Gasteiger partial charge on any atom is -0.351 e. The highest BCUT2D eigenvalue weighted by atomic mass is 16.2. The normalized spacial score (nSPS) is 24.3. The van der Waals surface area contributed by atoms with Crippen molar-refractivity contribution in [3.8, 4) is 0 Å². The number of carbonyl (C=O) groups is 3. The van der Waals surface area contributed by atoms with Gasteiger partial charge in [-0.25, -0.2) is 0 Å². The third-order valence-electron chi connectivity index (χ3n) is 8.01. The molecule has 1 saturated carbocycles. The average molecular weight is 489 g/mol. The molecule has 3 unspecified atom stereocenters. The van der Waals surface area contributed by atoms with Gasteiger partial charge in [0.2, 0.25) is 11.8 Å². The van der Waals surface area contributed by atoms with Crippen LogP contribution in [0.4, 0.5) is 0 Å². The molecule has 36 heavy (non-hydrogen) atoms. The Kier molecular flexibility index (Phi) is 7.66. The Bertz CT molecular complexity index is 1050. The van der Waals surface area contributed by atoms with Gasteiger partial charge in [0.15, 0.2) is 0 Å². The number of fused-ring (bicyclic) bond motifs is 1. The third kappa shape index (κ3) is 5.46. The van der Waals surface area contributed by atoms with E-state index in [1.807, 2.05) is 70.5 Å². The van der Waals surface area contributed by atoms with E-state index < -0.39 is 0 Å². The molecule has 0 aromatic heterocycles. The van der Waals surface area contributed by atoms with Gasteiger partial charge in [0, 0.05) is 44.3 Å². The lowest BCUT2D eigenvalue weighted by atomic mass is 9.84. The van der Waals surface area contributed by atoms with E-state index in [9.17, 15) is 14.4 Å². The van der Waals surface area contributed by atoms with Crippen LogP contribution in [0.5, 0.6) is 0 Å². The second kappa shape index (κ2) is 11.2. The smallest absolute Gasteiger partial charge is 0.254 e. The van der Waals surface area contributed by atoms with Crippen LogP contribution >= 0.6 is 0 Å². The molecule has 3 atom stereocenters. The molecule has 1 aliphatic carbocycles. The Hall–Kier alpha value is -3.19. The molecule has 3 fully saturated rings. The molecule has 7 heteroatoms. The number of likely N-dealkylation sites (tertiary alicyclic amines) is 1. The number of piperazine rings is 1. The molecule has 3 amide bonds. The minimum absolute atomic E-state index is 0.00173. The van der Waals surface area contributed by atoms with Crippen molar-refractivity contribution >= 4 is 17.7 Å². The van der Waals surface area contributed by atoms with Gasteiger partial charge in [0.05, 0.1) is 6.54 Å². The third-order valence-corrected chi connectivity index (χ3v) is 8.01. The summed E-state index contributed by atoms with van der Waals surface area (Å²) in [5.41, 5.74) is 1.74. The summed E-state index contributed by atoms with van der Waals surface area (Å²) in [6.07, 6.45) is 5.15. The molecule has 190 valence electrons. The Labute approximate surface area is 213 Å². The Morgan fingerprint density at radius 3 is 2.22 bits per heavy atom. The summed E-state index contributed by atoms with van der Waals surface area (Å²) in [7, 11) is 0. The Morgan fingerprint density at radius 2 is 1.50 bits per heavy atom. The van der Waals surface area contributed by atoms with Crippen LogP contribution in [-0.4, -0.2) is 77.2 Å². The fraction of sp³-hybridized carbons (Fsp3) is 0.483. The topological polar surface area (TPSA) is 73.0 Å². The quantitative estimate of drug-likeness (QED) is 0.679. The fourth-order valence-electron chi connectivity index (χ4n) is 6.10. The van der Waals surface area contributed by atoms with Crippen LogP contribution in [0.3, 0.4) is 0 Å². The molecule has 2 aromatic carbocycles. The van der Waals surface area contributed by atoms with Crippen molar-refractivity contribution in [2.24, 2.45) is 5.92 Å². The Morgan fingerprint density at radius 1 is 0.833 bits per heavy atom. The summed E-state index contributed by atoms with van der Waals surface area (Å²) in [5.74, 6) is 0.465. The summed E-state index contributed by atoms with van der Waals surface area (Å²) in [4.78, 5) is 45.6. The molecule has 2 aromatic rings. The van der Waals surface area contributed by atoms with Crippen LogP contribution < -0.4 is 5.32 Å². The molecule has 0 spiro atoms. The number of hydrogen-bond donors (Lipinski definition) is 1. The van der Waals surface area contributed by atoms with E-state index in [0.29, 0.717) is 50.7 Å². The minimum atomic E-state index is -0.383. The van der Waals surface area contributed by atoms with Crippen molar-refractivity contribution in [1.82, 2.24) is 20.0 Å². The van der Waals surface area contributed by atoms with Gasteiger partial charge in [-0.1, -0.05) is 61.4 Å². The van der Waals surface area contributed by atoms with Crippen molar-refractivity contribution in [1.29, 1.82) is 0 Å². The molecule has 5 rings (SSSR count). The summed E-state index contributed by atoms with van der Waals surface area (Å²) in [6.45, 7) is 3.36. The van der Waals surface area contributed by atoms with Crippen LogP contribution in [0, 0.1) is 5.92 Å². The van der Waals surface area contributed by atoms with Gasteiger partial charge in [-0.3, -0.25) is 19.3 Å². The van der Waals surface area contributed by atoms with Crippen LogP contribution in [0.15, 0.2) is 60.7 Å². The van der Waals surface area contributed by atoms with Gasteiger partial charge in [-0.15, -0.1) is 0 Å². The van der Waals surface area contributed by atoms with Crippen molar-refractivity contribution in [3.63, 3.8) is 0 Å². The number of carbonyl (C=O) groups excluding carboxylic acids is 3. The van der Waals surface area contributed by atoms with Crippen molar-refractivity contribution < 1.29 is 14.4 Å². The second-order valence-corrected chi connectivity index (χ2v) is 10.3. The highest BCUT2D eigenvalue weighted by Gasteiger charge is 2.48. The number of benzene rings is 2. The number of rotatable bonds is 6. The highest BCUT2D eigenvalue weighted by molar-refractivity contribution is 5.98. The average Bonchev–Trinajstić information content (AvgIpc) is 3.32. The summed E-state index contributed by atoms with van der Waals surface area (Å²) in [6, 6.07) is 19.0. The molecule has 2 aliphatic heterocycles. The van der Waals surface area contributed by atoms with Gasteiger partial charge < -0.3 is 15.1 Å². The maximum absolute atomic E-state index is 13.7. The van der Waals surface area contributed by atoms with Crippen LogP contribution in [-0.2, 0) is 16.1 Å². The van der Waals surface area contributed by atoms with E-state index in [4.69, 9.17) is 0 Å². The van der Waals surface area contributed by atoms with Gasteiger partial charge in [-0.2, -0.15) is 0 Å². The maximum atomic E-state index is 13.7. The molecular weight excluding hydrogens is 452 g/mol. The van der Waals surface area contributed by atoms with Crippen molar-refractivity contribution in [2.45, 2.75) is 50.7 Å². The fourth-order valence-corrected chi connectivity index (χ4v) is 6.10. The van der Waals surface area contributed by atoms with Crippen LogP contribution in [0.2, 0.25) is 0 Å². The van der Waals surface area contributed by atoms with Crippen LogP contribution in [0.25, 0.3) is 0 Å². The highest BCUT2D eigenvalue weighted by Crippen LogP contribution is 2.41. The van der Waals surface area contributed by atoms with Crippen molar-refractivity contribution in [3.05, 3.63) is 71.8 Å². The lowest BCUT2D eigenvalue weighted by Crippen LogP contribution is -2.56. The van der Waals surface area contributed by atoms with E-state index in [0.717, 1.165) is 31.2 Å². The Balaban J connectivity index is 1.18. The second-order valence-electron chi connectivity index (χ2n) is 10.3. The number of amides is 3. The zero-order valence-electron chi connectivity index (χ0n) is 20.9. The first-order valence-corrected chi connectivity index (χ1v) is 13.3. The predicted octanol–water partition coefficient (Wildman–Crippen LogP) is 2.92. The van der Waals surface area contributed by atoms with Gasteiger partial charge in [0.25, 0.3) is 5.91 Å². The zero-order chi connectivity index (χ0) is 24.9. The number of hydrogen-bond acceptors (Lipinski definition) is 4. The largest absolute Gasteiger partial charge is 0.351 e. The predicted molar refractivity (Wildman–Crippen MR) is 138 cm³/mol. The molecule has 7 nitrogen and oxygen atoms in total.